The molecule has 1 aromatic rings. The molecular formula is C12H13Br2F3N2. The number of pyridine rings is 1. The molecule has 7 heteroatoms. The van der Waals surface area contributed by atoms with Crippen LogP contribution >= 0.6 is 31.9 Å². The van der Waals surface area contributed by atoms with E-state index in [1.165, 1.54) is 6.20 Å². The minimum Gasteiger partial charge on any atom is -0.352 e. The van der Waals surface area contributed by atoms with Crippen LogP contribution in [0.1, 0.15) is 24.8 Å². The molecule has 0 unspecified atom stereocenters. The van der Waals surface area contributed by atoms with E-state index in [0.717, 1.165) is 25.3 Å². The van der Waals surface area contributed by atoms with Crippen LogP contribution in [0, 0.1) is 0 Å². The Morgan fingerprint density at radius 3 is 2.53 bits per heavy atom. The number of alkyl halides is 4. The van der Waals surface area contributed by atoms with Gasteiger partial charge in [0.1, 0.15) is 5.82 Å². The van der Waals surface area contributed by atoms with E-state index in [-0.39, 0.29) is 11.9 Å². The summed E-state index contributed by atoms with van der Waals surface area (Å²) in [4.78, 5) is 5.78. The highest BCUT2D eigenvalue weighted by molar-refractivity contribution is 9.10. The zero-order chi connectivity index (χ0) is 14.0. The van der Waals surface area contributed by atoms with E-state index in [2.05, 4.69) is 36.8 Å². The summed E-state index contributed by atoms with van der Waals surface area (Å²) in [5, 5.41) is 0.624. The van der Waals surface area contributed by atoms with Gasteiger partial charge >= 0.3 is 6.18 Å². The Hall–Kier alpha value is -0.300. The van der Waals surface area contributed by atoms with Crippen LogP contribution in [0.15, 0.2) is 16.7 Å². The van der Waals surface area contributed by atoms with Crippen molar-refractivity contribution in [3.63, 3.8) is 0 Å². The molecule has 0 radical (unpaired) electrons. The third-order valence-electron chi connectivity index (χ3n) is 3.25. The first-order chi connectivity index (χ1) is 8.93. The van der Waals surface area contributed by atoms with Crippen molar-refractivity contribution in [1.82, 2.24) is 4.98 Å². The number of halogens is 5. The molecule has 0 saturated heterocycles. The van der Waals surface area contributed by atoms with E-state index in [1.807, 2.05) is 0 Å². The summed E-state index contributed by atoms with van der Waals surface area (Å²) in [6.45, 7) is 0.530. The van der Waals surface area contributed by atoms with Gasteiger partial charge in [-0.1, -0.05) is 15.9 Å². The molecule has 106 valence electrons. The zero-order valence-electron chi connectivity index (χ0n) is 10.1. The van der Waals surface area contributed by atoms with Gasteiger partial charge in [-0.25, -0.2) is 4.98 Å². The predicted molar refractivity (Wildman–Crippen MR) is 75.7 cm³/mol. The summed E-state index contributed by atoms with van der Waals surface area (Å²) < 4.78 is 39.7. The van der Waals surface area contributed by atoms with Gasteiger partial charge in [0.15, 0.2) is 0 Å². The molecule has 1 aromatic heterocycles. The number of hydrogen-bond donors (Lipinski definition) is 0. The van der Waals surface area contributed by atoms with Gasteiger partial charge in [0.2, 0.25) is 0 Å². The molecule has 1 aliphatic carbocycles. The summed E-state index contributed by atoms with van der Waals surface area (Å²) in [5.41, 5.74) is -0.672. The fourth-order valence-electron chi connectivity index (χ4n) is 2.12. The van der Waals surface area contributed by atoms with Gasteiger partial charge in [-0.05, 0) is 41.3 Å². The van der Waals surface area contributed by atoms with Gasteiger partial charge in [0.05, 0.1) is 5.56 Å². The lowest BCUT2D eigenvalue weighted by atomic mass is 9.91. The highest BCUT2D eigenvalue weighted by Gasteiger charge is 2.38. The van der Waals surface area contributed by atoms with E-state index in [0.29, 0.717) is 16.3 Å². The molecular weight excluding hydrogens is 389 g/mol. The molecule has 19 heavy (non-hydrogen) atoms. The molecule has 0 atom stereocenters. The third kappa shape index (κ3) is 3.42. The van der Waals surface area contributed by atoms with Crippen molar-refractivity contribution in [3.05, 3.63) is 22.3 Å². The topological polar surface area (TPSA) is 16.1 Å². The first-order valence-corrected chi connectivity index (χ1v) is 7.90. The fourth-order valence-corrected chi connectivity index (χ4v) is 2.83. The maximum atomic E-state index is 13.1. The SMILES string of the molecule is FC(F)(F)c1cc(Br)cnc1N(CCBr)C1CCC1. The predicted octanol–water partition coefficient (Wildman–Crippen LogP) is 4.62. The third-order valence-corrected chi connectivity index (χ3v) is 4.04. The number of rotatable bonds is 4. The van der Waals surface area contributed by atoms with Gasteiger partial charge in [0, 0.05) is 28.6 Å². The van der Waals surface area contributed by atoms with Crippen LogP contribution in [0.2, 0.25) is 0 Å². The second-order valence-corrected chi connectivity index (χ2v) is 6.20. The van der Waals surface area contributed by atoms with E-state index in [1.54, 1.807) is 4.90 Å². The largest absolute Gasteiger partial charge is 0.419 e. The van der Waals surface area contributed by atoms with Crippen molar-refractivity contribution >= 4 is 37.7 Å². The molecule has 2 rings (SSSR count). The van der Waals surface area contributed by atoms with Crippen LogP contribution in [-0.2, 0) is 6.18 Å². The van der Waals surface area contributed by atoms with Crippen molar-refractivity contribution in [2.24, 2.45) is 0 Å². The van der Waals surface area contributed by atoms with Crippen molar-refractivity contribution in [3.8, 4) is 0 Å². The maximum Gasteiger partial charge on any atom is 0.419 e. The molecule has 0 aromatic carbocycles. The van der Waals surface area contributed by atoms with E-state index < -0.39 is 11.7 Å². The van der Waals surface area contributed by atoms with E-state index >= 15 is 0 Å². The average molecular weight is 402 g/mol. The Balaban J connectivity index is 2.40. The molecule has 0 spiro atoms. The lowest BCUT2D eigenvalue weighted by Crippen LogP contribution is -2.42. The van der Waals surface area contributed by atoms with E-state index in [9.17, 15) is 13.2 Å². The van der Waals surface area contributed by atoms with Crippen LogP contribution in [0.5, 0.6) is 0 Å². The Morgan fingerprint density at radius 2 is 2.05 bits per heavy atom. The van der Waals surface area contributed by atoms with Gasteiger partial charge < -0.3 is 4.90 Å². The lowest BCUT2D eigenvalue weighted by molar-refractivity contribution is -0.137. The summed E-state index contributed by atoms with van der Waals surface area (Å²) in [5.74, 6) is 0.0415. The van der Waals surface area contributed by atoms with Gasteiger partial charge in [0.25, 0.3) is 0 Å². The zero-order valence-corrected chi connectivity index (χ0v) is 13.2. The number of hydrogen-bond acceptors (Lipinski definition) is 2. The molecule has 0 N–H and O–H groups in total. The van der Waals surface area contributed by atoms with E-state index in [4.69, 9.17) is 0 Å². The highest BCUT2D eigenvalue weighted by Crippen LogP contribution is 2.39. The Bertz CT molecular complexity index is 447. The minimum atomic E-state index is -4.39. The van der Waals surface area contributed by atoms with Crippen molar-refractivity contribution in [1.29, 1.82) is 0 Å². The fraction of sp³-hybridized carbons (Fsp3) is 0.583. The molecule has 1 fully saturated rings. The van der Waals surface area contributed by atoms with Gasteiger partial charge in [-0.3, -0.25) is 0 Å². The second-order valence-electron chi connectivity index (χ2n) is 4.49. The first-order valence-electron chi connectivity index (χ1n) is 5.99. The quantitative estimate of drug-likeness (QED) is 0.684. The van der Waals surface area contributed by atoms with Crippen molar-refractivity contribution in [2.45, 2.75) is 31.5 Å². The Labute approximate surface area is 126 Å². The monoisotopic (exact) mass is 400 g/mol. The van der Waals surface area contributed by atoms with Crippen LogP contribution in [0.3, 0.4) is 0 Å². The number of anilines is 1. The Morgan fingerprint density at radius 1 is 1.37 bits per heavy atom. The Kier molecular flexibility index (Phi) is 4.76. The molecule has 0 aliphatic heterocycles. The minimum absolute atomic E-state index is 0.0415. The summed E-state index contributed by atoms with van der Waals surface area (Å²) in [7, 11) is 0. The van der Waals surface area contributed by atoms with Crippen LogP contribution in [-0.4, -0.2) is 22.9 Å². The van der Waals surface area contributed by atoms with Gasteiger partial charge in [-0.2, -0.15) is 13.2 Å². The molecule has 1 heterocycles. The standard InChI is InChI=1S/C12H13Br2F3N2/c13-4-5-19(9-2-1-3-9)11-10(12(15,16)17)6-8(14)7-18-11/h6-7,9H,1-5H2. The van der Waals surface area contributed by atoms with Crippen LogP contribution in [0.25, 0.3) is 0 Å². The number of nitrogens with zero attached hydrogens (tertiary/aromatic N) is 2. The highest BCUT2D eigenvalue weighted by atomic mass is 79.9. The molecule has 1 aliphatic rings. The molecule has 0 amide bonds. The smallest absolute Gasteiger partial charge is 0.352 e. The van der Waals surface area contributed by atoms with Crippen LogP contribution in [0.4, 0.5) is 19.0 Å². The molecule has 0 bridgehead atoms. The first kappa shape index (κ1) is 15.1. The van der Waals surface area contributed by atoms with Crippen LogP contribution < -0.4 is 4.90 Å². The lowest BCUT2D eigenvalue weighted by Gasteiger charge is -2.39. The number of aromatic nitrogens is 1. The average Bonchev–Trinajstić information content (AvgIpc) is 2.25. The molecule has 1 saturated carbocycles. The van der Waals surface area contributed by atoms with Crippen molar-refractivity contribution in [2.75, 3.05) is 16.8 Å². The summed E-state index contributed by atoms with van der Waals surface area (Å²) in [6, 6.07) is 1.27. The second kappa shape index (κ2) is 5.99. The van der Waals surface area contributed by atoms with Crippen molar-refractivity contribution < 1.29 is 13.2 Å². The molecule has 2 nitrogen and oxygen atoms in total. The van der Waals surface area contributed by atoms with Gasteiger partial charge in [-0.15, -0.1) is 0 Å². The summed E-state index contributed by atoms with van der Waals surface area (Å²) >= 11 is 6.35. The normalized spacial score (nSPS) is 16.3. The maximum absolute atomic E-state index is 13.1. The summed E-state index contributed by atoms with van der Waals surface area (Å²) in [6.07, 6.45) is -0.0314.